The molecule has 0 aromatic heterocycles. The maximum Gasteiger partial charge on any atom is 0.257 e. The number of rotatable bonds is 10. The lowest BCUT2D eigenvalue weighted by molar-refractivity contribution is -0.118. The summed E-state index contributed by atoms with van der Waals surface area (Å²) in [6.07, 6.45) is 1.13. The zero-order valence-electron chi connectivity index (χ0n) is 22.1. The van der Waals surface area contributed by atoms with Crippen molar-refractivity contribution in [2.45, 2.75) is 19.5 Å². The number of amides is 2. The minimum absolute atomic E-state index is 0. The predicted molar refractivity (Wildman–Crippen MR) is 151 cm³/mol. The molecule has 4 rings (SSSR count). The van der Waals surface area contributed by atoms with Gasteiger partial charge in [0.1, 0.15) is 9.84 Å². The van der Waals surface area contributed by atoms with E-state index in [1.807, 2.05) is 11.8 Å². The quantitative estimate of drug-likeness (QED) is 0.441. The Kier molecular flexibility index (Phi) is 10.5. The Hall–Kier alpha value is -2.57. The van der Waals surface area contributed by atoms with Gasteiger partial charge < -0.3 is 24.4 Å². The largest absolute Gasteiger partial charge is 0.493 e. The van der Waals surface area contributed by atoms with Crippen LogP contribution in [0.3, 0.4) is 0 Å². The molecule has 1 fully saturated rings. The summed E-state index contributed by atoms with van der Waals surface area (Å²) in [4.78, 5) is 30.1. The van der Waals surface area contributed by atoms with Gasteiger partial charge >= 0.3 is 0 Å². The summed E-state index contributed by atoms with van der Waals surface area (Å²) in [7, 11) is -1.98. The molecule has 0 radical (unpaired) electrons. The van der Waals surface area contributed by atoms with Crippen LogP contribution in [0.2, 0.25) is 5.02 Å². The Morgan fingerprint density at radius 1 is 1.18 bits per heavy atom. The molecule has 2 aromatic rings. The van der Waals surface area contributed by atoms with E-state index in [9.17, 15) is 18.0 Å². The van der Waals surface area contributed by atoms with Gasteiger partial charge in [0.15, 0.2) is 11.5 Å². The molecule has 0 aliphatic carbocycles. The van der Waals surface area contributed by atoms with E-state index in [1.165, 1.54) is 12.0 Å². The lowest BCUT2D eigenvalue weighted by Crippen LogP contribution is -2.41. The van der Waals surface area contributed by atoms with Gasteiger partial charge in [-0.1, -0.05) is 17.7 Å². The summed E-state index contributed by atoms with van der Waals surface area (Å²) in [6, 6.07) is 7.52. The average Bonchev–Trinajstić information content (AvgIpc) is 3.22. The molecule has 2 aromatic carbocycles. The van der Waals surface area contributed by atoms with Crippen molar-refractivity contribution in [3.8, 4) is 11.5 Å². The lowest BCUT2D eigenvalue weighted by atomic mass is 10.1. The van der Waals surface area contributed by atoms with Crippen molar-refractivity contribution in [3.63, 3.8) is 0 Å². The Morgan fingerprint density at radius 3 is 2.54 bits per heavy atom. The normalized spacial score (nSPS) is 16.3. The molecule has 1 N–H and O–H groups in total. The first-order valence-corrected chi connectivity index (χ1v) is 14.8. The summed E-state index contributed by atoms with van der Waals surface area (Å²) in [5, 5.41) is 3.22. The van der Waals surface area contributed by atoms with Crippen LogP contribution in [-0.4, -0.2) is 88.6 Å². The van der Waals surface area contributed by atoms with Crippen molar-refractivity contribution in [1.29, 1.82) is 0 Å². The number of ether oxygens (including phenoxy) is 3. The number of benzene rings is 2. The third kappa shape index (κ3) is 7.34. The van der Waals surface area contributed by atoms with Gasteiger partial charge in [-0.15, -0.1) is 12.4 Å². The van der Waals surface area contributed by atoms with Crippen LogP contribution in [0.15, 0.2) is 30.3 Å². The number of morpholine rings is 1. The second-order valence-corrected chi connectivity index (χ2v) is 11.9. The van der Waals surface area contributed by atoms with E-state index in [1.54, 1.807) is 30.3 Å². The Bertz CT molecular complexity index is 1320. The minimum atomic E-state index is -3.50. The summed E-state index contributed by atoms with van der Waals surface area (Å²) in [6.45, 7) is 4.91. The number of hydrogen-bond donors (Lipinski definition) is 1. The molecular formula is C26H33Cl2N3O7S. The second kappa shape index (κ2) is 13.2. The number of anilines is 1. The highest BCUT2D eigenvalue weighted by atomic mass is 35.5. The van der Waals surface area contributed by atoms with Crippen LogP contribution in [-0.2, 0) is 25.9 Å². The van der Waals surface area contributed by atoms with Crippen LogP contribution in [0, 0.1) is 0 Å². The molecule has 0 bridgehead atoms. The standard InChI is InChI=1S/C26H32ClN3O7S.ClH/c1-4-37-23-13-17(5-8-22(23)35-2)21(16-38(3,33)34)30-14-18-19(27)6-7-20(25(18)26(30)32)28-24(31)15-29-9-11-36-12-10-29;/h5-8,13,21H,4,9-12,14-16H2,1-3H3,(H,28,31);1H/t21-;/m1./s1. The zero-order chi connectivity index (χ0) is 27.4. The fraction of sp³-hybridized carbons (Fsp3) is 0.462. The lowest BCUT2D eigenvalue weighted by Gasteiger charge is -2.28. The Labute approximate surface area is 239 Å². The van der Waals surface area contributed by atoms with Crippen molar-refractivity contribution in [2.75, 3.05) is 63.9 Å². The fourth-order valence-electron chi connectivity index (χ4n) is 4.74. The average molecular weight is 603 g/mol. The molecule has 0 spiro atoms. The fourth-order valence-corrected chi connectivity index (χ4v) is 5.90. The van der Waals surface area contributed by atoms with E-state index in [4.69, 9.17) is 25.8 Å². The first-order valence-electron chi connectivity index (χ1n) is 12.3. The van der Waals surface area contributed by atoms with Crippen LogP contribution in [0.4, 0.5) is 5.69 Å². The van der Waals surface area contributed by atoms with Gasteiger partial charge in [0, 0.05) is 36.5 Å². The van der Waals surface area contributed by atoms with Gasteiger partial charge in [0.05, 0.1) is 56.5 Å². The highest BCUT2D eigenvalue weighted by Crippen LogP contribution is 2.40. The number of methoxy groups -OCH3 is 1. The second-order valence-electron chi connectivity index (χ2n) is 9.27. The first-order chi connectivity index (χ1) is 18.1. The van der Waals surface area contributed by atoms with E-state index in [0.717, 1.165) is 6.26 Å². The highest BCUT2D eigenvalue weighted by molar-refractivity contribution is 7.90. The first kappa shape index (κ1) is 31.0. The third-order valence-electron chi connectivity index (χ3n) is 6.51. The summed E-state index contributed by atoms with van der Waals surface area (Å²) >= 11 is 6.49. The maximum atomic E-state index is 13.8. The van der Waals surface area contributed by atoms with Gasteiger partial charge in [0.25, 0.3) is 5.91 Å². The molecule has 1 saturated heterocycles. The van der Waals surface area contributed by atoms with Crippen LogP contribution in [0.5, 0.6) is 11.5 Å². The van der Waals surface area contributed by atoms with Crippen LogP contribution in [0.25, 0.3) is 0 Å². The smallest absolute Gasteiger partial charge is 0.257 e. The predicted octanol–water partition coefficient (Wildman–Crippen LogP) is 3.18. The van der Waals surface area contributed by atoms with Gasteiger partial charge in [-0.3, -0.25) is 14.5 Å². The minimum Gasteiger partial charge on any atom is -0.493 e. The number of hydrogen-bond acceptors (Lipinski definition) is 8. The molecule has 0 saturated carbocycles. The van der Waals surface area contributed by atoms with E-state index >= 15 is 0 Å². The van der Waals surface area contributed by atoms with Gasteiger partial charge in [-0.05, 0) is 36.8 Å². The van der Waals surface area contributed by atoms with E-state index in [-0.39, 0.29) is 42.7 Å². The molecule has 2 aliphatic heterocycles. The zero-order valence-corrected chi connectivity index (χ0v) is 24.5. The molecular weight excluding hydrogens is 569 g/mol. The van der Waals surface area contributed by atoms with Crippen molar-refractivity contribution >= 4 is 51.3 Å². The third-order valence-corrected chi connectivity index (χ3v) is 7.79. The molecule has 2 heterocycles. The molecule has 1 atom stereocenters. The number of sulfone groups is 1. The number of halogens is 2. The number of carbonyl (C=O) groups excluding carboxylic acids is 2. The topological polar surface area (TPSA) is 114 Å². The number of nitrogens with zero attached hydrogens (tertiary/aromatic N) is 2. The van der Waals surface area contributed by atoms with E-state index in [2.05, 4.69) is 5.32 Å². The summed E-state index contributed by atoms with van der Waals surface area (Å²) in [5.41, 5.74) is 1.73. The van der Waals surface area contributed by atoms with Crippen LogP contribution in [0.1, 0.15) is 34.5 Å². The Balaban J connectivity index is 0.00000420. The molecule has 13 heteroatoms. The van der Waals surface area contributed by atoms with Gasteiger partial charge in [-0.25, -0.2) is 8.42 Å². The van der Waals surface area contributed by atoms with E-state index < -0.39 is 21.8 Å². The molecule has 2 aliphatic rings. The van der Waals surface area contributed by atoms with Gasteiger partial charge in [0.2, 0.25) is 5.91 Å². The Morgan fingerprint density at radius 2 is 1.90 bits per heavy atom. The molecule has 10 nitrogen and oxygen atoms in total. The van der Waals surface area contributed by atoms with Crippen LogP contribution >= 0.6 is 24.0 Å². The van der Waals surface area contributed by atoms with Crippen molar-refractivity contribution in [3.05, 3.63) is 52.0 Å². The molecule has 0 unspecified atom stereocenters. The summed E-state index contributed by atoms with van der Waals surface area (Å²) < 4.78 is 41.3. The van der Waals surface area contributed by atoms with Gasteiger partial charge in [-0.2, -0.15) is 0 Å². The number of nitrogens with one attached hydrogen (secondary N) is 1. The SMILES string of the molecule is CCOc1cc([C@@H](CS(C)(=O)=O)N2Cc3c(Cl)ccc(NC(=O)CN4CCOCC4)c3C2=O)ccc1OC.Cl. The number of fused-ring (bicyclic) bond motifs is 1. The van der Waals surface area contributed by atoms with Crippen molar-refractivity contribution in [2.24, 2.45) is 0 Å². The van der Waals surface area contributed by atoms with Crippen LogP contribution < -0.4 is 14.8 Å². The molecule has 214 valence electrons. The maximum absolute atomic E-state index is 13.8. The van der Waals surface area contributed by atoms with E-state index in [0.29, 0.717) is 66.2 Å². The highest BCUT2D eigenvalue weighted by Gasteiger charge is 2.38. The monoisotopic (exact) mass is 601 g/mol. The molecule has 39 heavy (non-hydrogen) atoms. The van der Waals surface area contributed by atoms with Crippen molar-refractivity contribution in [1.82, 2.24) is 9.80 Å². The molecule has 2 amide bonds. The summed E-state index contributed by atoms with van der Waals surface area (Å²) in [5.74, 6) is -0.0261. The van der Waals surface area contributed by atoms with Crippen molar-refractivity contribution < 1.29 is 32.2 Å². The number of carbonyl (C=O) groups is 2.